The molecule has 0 radical (unpaired) electrons. The third kappa shape index (κ3) is 4.03. The Bertz CT molecular complexity index is 1200. The molecule has 0 unspecified atom stereocenters. The molecule has 1 aliphatic rings. The van der Waals surface area contributed by atoms with Crippen molar-refractivity contribution >= 4 is 40.7 Å². The largest absolute Gasteiger partial charge is 0.494 e. The molecular weight excluding hydrogens is 418 g/mol. The van der Waals surface area contributed by atoms with Crippen molar-refractivity contribution in [3.63, 3.8) is 0 Å². The zero-order valence-electron chi connectivity index (χ0n) is 16.4. The standard InChI is InChI=1S/C22H17N3O5S/c1-2-29-15-9-7-14(8-10-15)24-21(26)18(23-22(24)31)13-16-11-12-20(30-16)17-5-3-4-6-19(17)25(27)28/h3-13H,2H2,1H3,(H,23,31). The molecule has 0 atom stereocenters. The van der Waals surface area contributed by atoms with Crippen LogP contribution in [0.5, 0.6) is 5.75 Å². The van der Waals surface area contributed by atoms with Crippen LogP contribution in [0.2, 0.25) is 0 Å². The highest BCUT2D eigenvalue weighted by Crippen LogP contribution is 2.32. The number of nitrogens with one attached hydrogen (secondary N) is 1. The van der Waals surface area contributed by atoms with E-state index >= 15 is 0 Å². The number of carbonyl (C=O) groups is 1. The maximum Gasteiger partial charge on any atom is 0.281 e. The van der Waals surface area contributed by atoms with Crippen LogP contribution in [0.15, 0.2) is 70.8 Å². The van der Waals surface area contributed by atoms with Crippen LogP contribution in [0.3, 0.4) is 0 Å². The number of thiocarbonyl (C=S) groups is 1. The summed E-state index contributed by atoms with van der Waals surface area (Å²) >= 11 is 5.32. The van der Waals surface area contributed by atoms with Gasteiger partial charge in [0.25, 0.3) is 11.6 Å². The third-order valence-electron chi connectivity index (χ3n) is 4.56. The van der Waals surface area contributed by atoms with Crippen LogP contribution < -0.4 is 15.0 Å². The molecule has 0 saturated carbocycles. The SMILES string of the molecule is CCOc1ccc(N2C(=O)C(=Cc3ccc(-c4ccccc4[N+](=O)[O-])o3)NC2=S)cc1. The first-order valence-electron chi connectivity index (χ1n) is 9.41. The van der Waals surface area contributed by atoms with Crippen molar-refractivity contribution < 1.29 is 18.9 Å². The summed E-state index contributed by atoms with van der Waals surface area (Å²) in [6.45, 7) is 2.44. The second kappa shape index (κ2) is 8.41. The van der Waals surface area contributed by atoms with Crippen molar-refractivity contribution in [2.75, 3.05) is 11.5 Å². The lowest BCUT2D eigenvalue weighted by Gasteiger charge is -2.14. The molecule has 1 saturated heterocycles. The minimum atomic E-state index is -0.467. The van der Waals surface area contributed by atoms with E-state index in [2.05, 4.69) is 5.32 Å². The molecule has 2 aromatic carbocycles. The van der Waals surface area contributed by atoms with Gasteiger partial charge in [-0.05, 0) is 61.6 Å². The van der Waals surface area contributed by atoms with E-state index in [1.165, 1.54) is 17.0 Å². The minimum Gasteiger partial charge on any atom is -0.494 e. The highest BCUT2D eigenvalue weighted by atomic mass is 32.1. The number of hydrogen-bond acceptors (Lipinski definition) is 6. The molecule has 1 N–H and O–H groups in total. The van der Waals surface area contributed by atoms with Gasteiger partial charge in [-0.15, -0.1) is 0 Å². The first kappa shape index (κ1) is 20.3. The van der Waals surface area contributed by atoms with Gasteiger partial charge in [-0.3, -0.25) is 19.8 Å². The number of anilines is 1. The molecule has 31 heavy (non-hydrogen) atoms. The average Bonchev–Trinajstić information content (AvgIpc) is 3.33. The van der Waals surface area contributed by atoms with Crippen molar-refractivity contribution in [1.82, 2.24) is 5.32 Å². The van der Waals surface area contributed by atoms with E-state index in [1.54, 1.807) is 54.6 Å². The molecule has 156 valence electrons. The maximum absolute atomic E-state index is 12.9. The predicted octanol–water partition coefficient (Wildman–Crippen LogP) is 4.52. The van der Waals surface area contributed by atoms with Crippen molar-refractivity contribution in [3.8, 4) is 17.1 Å². The smallest absolute Gasteiger partial charge is 0.281 e. The number of nitro groups is 1. The molecule has 8 nitrogen and oxygen atoms in total. The number of nitro benzene ring substituents is 1. The zero-order valence-corrected chi connectivity index (χ0v) is 17.2. The lowest BCUT2D eigenvalue weighted by atomic mass is 10.1. The first-order valence-corrected chi connectivity index (χ1v) is 9.82. The van der Waals surface area contributed by atoms with Crippen LogP contribution >= 0.6 is 12.2 Å². The molecule has 1 amide bonds. The second-order valence-corrected chi connectivity index (χ2v) is 6.92. The summed E-state index contributed by atoms with van der Waals surface area (Å²) in [5.41, 5.74) is 1.14. The summed E-state index contributed by atoms with van der Waals surface area (Å²) in [6.07, 6.45) is 1.52. The van der Waals surface area contributed by atoms with Gasteiger partial charge >= 0.3 is 0 Å². The molecular formula is C22H17N3O5S. The van der Waals surface area contributed by atoms with Gasteiger partial charge in [0.05, 0.1) is 22.8 Å². The van der Waals surface area contributed by atoms with Gasteiger partial charge in [0.2, 0.25) is 0 Å². The van der Waals surface area contributed by atoms with E-state index in [4.69, 9.17) is 21.4 Å². The fourth-order valence-electron chi connectivity index (χ4n) is 3.19. The Morgan fingerprint density at radius 3 is 2.61 bits per heavy atom. The summed E-state index contributed by atoms with van der Waals surface area (Å²) < 4.78 is 11.2. The third-order valence-corrected chi connectivity index (χ3v) is 4.85. The van der Waals surface area contributed by atoms with Crippen LogP contribution in [0, 0.1) is 10.1 Å². The van der Waals surface area contributed by atoms with E-state index in [9.17, 15) is 14.9 Å². The summed E-state index contributed by atoms with van der Waals surface area (Å²) in [4.78, 5) is 25.1. The summed E-state index contributed by atoms with van der Waals surface area (Å²) in [5.74, 6) is 1.05. The van der Waals surface area contributed by atoms with Crippen LogP contribution in [-0.4, -0.2) is 22.5 Å². The minimum absolute atomic E-state index is 0.0611. The van der Waals surface area contributed by atoms with E-state index in [0.29, 0.717) is 35.1 Å². The number of carbonyl (C=O) groups excluding carboxylic acids is 1. The molecule has 2 heterocycles. The van der Waals surface area contributed by atoms with Crippen molar-refractivity contribution in [2.24, 2.45) is 0 Å². The van der Waals surface area contributed by atoms with Crippen molar-refractivity contribution in [2.45, 2.75) is 6.92 Å². The van der Waals surface area contributed by atoms with E-state index < -0.39 is 4.92 Å². The molecule has 0 spiro atoms. The summed E-state index contributed by atoms with van der Waals surface area (Å²) in [6, 6.07) is 16.6. The molecule has 3 aromatic rings. The van der Waals surface area contributed by atoms with Gasteiger partial charge in [-0.2, -0.15) is 0 Å². The summed E-state index contributed by atoms with van der Waals surface area (Å²) in [5, 5.41) is 14.4. The molecule has 1 aliphatic heterocycles. The number of hydrogen-bond donors (Lipinski definition) is 1. The maximum atomic E-state index is 12.9. The van der Waals surface area contributed by atoms with Gasteiger partial charge < -0.3 is 14.5 Å². The van der Waals surface area contributed by atoms with Gasteiger partial charge in [-0.25, -0.2) is 0 Å². The number of para-hydroxylation sites is 1. The Labute approximate surface area is 182 Å². The normalized spacial score (nSPS) is 14.7. The van der Waals surface area contributed by atoms with E-state index in [1.807, 2.05) is 6.92 Å². The second-order valence-electron chi connectivity index (χ2n) is 6.53. The Morgan fingerprint density at radius 1 is 1.16 bits per heavy atom. The molecule has 4 rings (SSSR count). The lowest BCUT2D eigenvalue weighted by Crippen LogP contribution is -2.30. The Balaban J connectivity index is 1.59. The van der Waals surface area contributed by atoms with Crippen LogP contribution in [-0.2, 0) is 4.79 Å². The monoisotopic (exact) mass is 435 g/mol. The van der Waals surface area contributed by atoms with E-state index in [-0.39, 0.29) is 22.4 Å². The van der Waals surface area contributed by atoms with Crippen LogP contribution in [0.1, 0.15) is 12.7 Å². The zero-order chi connectivity index (χ0) is 22.0. The number of nitrogens with zero attached hydrogens (tertiary/aromatic N) is 2. The number of furan rings is 1. The molecule has 0 bridgehead atoms. The average molecular weight is 435 g/mol. The molecule has 1 fully saturated rings. The summed E-state index contributed by atoms with van der Waals surface area (Å²) in [7, 11) is 0. The fraction of sp³-hybridized carbons (Fsp3) is 0.0909. The number of benzene rings is 2. The van der Waals surface area contributed by atoms with Crippen LogP contribution in [0.25, 0.3) is 17.4 Å². The van der Waals surface area contributed by atoms with E-state index in [0.717, 1.165) is 0 Å². The Kier molecular flexibility index (Phi) is 5.50. The number of rotatable bonds is 6. The predicted molar refractivity (Wildman–Crippen MR) is 120 cm³/mol. The van der Waals surface area contributed by atoms with Crippen molar-refractivity contribution in [1.29, 1.82) is 0 Å². The highest BCUT2D eigenvalue weighted by molar-refractivity contribution is 7.80. The van der Waals surface area contributed by atoms with Gasteiger partial charge in [0.1, 0.15) is 23.0 Å². The van der Waals surface area contributed by atoms with Gasteiger partial charge in [0, 0.05) is 12.1 Å². The van der Waals surface area contributed by atoms with Gasteiger partial charge in [-0.1, -0.05) is 12.1 Å². The fourth-order valence-corrected chi connectivity index (χ4v) is 3.48. The first-order chi connectivity index (χ1) is 15.0. The molecule has 9 heteroatoms. The Hall–Kier alpha value is -3.98. The van der Waals surface area contributed by atoms with Crippen LogP contribution in [0.4, 0.5) is 11.4 Å². The lowest BCUT2D eigenvalue weighted by molar-refractivity contribution is -0.384. The molecule has 0 aliphatic carbocycles. The number of ether oxygens (including phenoxy) is 1. The van der Waals surface area contributed by atoms with Gasteiger partial charge in [0.15, 0.2) is 5.11 Å². The quantitative estimate of drug-likeness (QED) is 0.263. The number of amides is 1. The topological polar surface area (TPSA) is 97.8 Å². The Morgan fingerprint density at radius 2 is 1.90 bits per heavy atom. The van der Waals surface area contributed by atoms with Crippen molar-refractivity contribution in [3.05, 3.63) is 82.2 Å². The highest BCUT2D eigenvalue weighted by Gasteiger charge is 2.32. The molecule has 1 aromatic heterocycles.